The van der Waals surface area contributed by atoms with Gasteiger partial charge in [0.25, 0.3) is 5.78 Å². The fourth-order valence-corrected chi connectivity index (χ4v) is 3.52. The first-order valence-corrected chi connectivity index (χ1v) is 7.43. The summed E-state index contributed by atoms with van der Waals surface area (Å²) in [5.41, 5.74) is 0. The van der Waals surface area contributed by atoms with Gasteiger partial charge in [0.2, 0.25) is 0 Å². The van der Waals surface area contributed by atoms with Gasteiger partial charge in [-0.1, -0.05) is 0 Å². The van der Waals surface area contributed by atoms with Gasteiger partial charge in [-0.05, 0) is 55.3 Å². The Morgan fingerprint density at radius 3 is 2.65 bits per heavy atom. The Balaban J connectivity index is 1.86. The second kappa shape index (κ2) is 5.25. The number of carbonyl (C=O) groups is 2. The molecular weight excluding hydrogens is 276 g/mol. The van der Waals surface area contributed by atoms with Crippen molar-refractivity contribution < 1.29 is 19.4 Å². The molecule has 1 fully saturated rings. The van der Waals surface area contributed by atoms with Crippen LogP contribution >= 0.6 is 11.3 Å². The summed E-state index contributed by atoms with van der Waals surface area (Å²) in [5.74, 6) is -1.48. The summed E-state index contributed by atoms with van der Waals surface area (Å²) in [6, 6.07) is 7.25. The average Bonchev–Trinajstić information content (AvgIpc) is 3.06. The van der Waals surface area contributed by atoms with E-state index in [1.807, 2.05) is 18.2 Å². The summed E-state index contributed by atoms with van der Waals surface area (Å²) < 4.78 is 6.79. The Morgan fingerprint density at radius 2 is 1.95 bits per heavy atom. The molecule has 0 spiro atoms. The number of benzene rings is 1. The third kappa shape index (κ3) is 2.54. The number of fused-ring (bicyclic) bond motifs is 1. The molecule has 0 unspecified atom stereocenters. The molecule has 1 aliphatic rings. The average molecular weight is 290 g/mol. The van der Waals surface area contributed by atoms with Crippen molar-refractivity contribution in [1.29, 1.82) is 0 Å². The van der Waals surface area contributed by atoms with Gasteiger partial charge in [0.1, 0.15) is 5.75 Å². The fraction of sp³-hybridized carbons (Fsp3) is 0.333. The lowest BCUT2D eigenvalue weighted by molar-refractivity contribution is -0.131. The van der Waals surface area contributed by atoms with Crippen molar-refractivity contribution in [2.75, 3.05) is 0 Å². The van der Waals surface area contributed by atoms with Gasteiger partial charge in [0, 0.05) is 4.70 Å². The Morgan fingerprint density at radius 1 is 1.20 bits per heavy atom. The first-order valence-electron chi connectivity index (χ1n) is 6.61. The fourth-order valence-electron chi connectivity index (χ4n) is 2.50. The van der Waals surface area contributed by atoms with E-state index in [1.54, 1.807) is 6.07 Å². The van der Waals surface area contributed by atoms with E-state index in [0.29, 0.717) is 0 Å². The first-order chi connectivity index (χ1) is 9.63. The number of carbonyl (C=O) groups excluding carboxylic acids is 1. The van der Waals surface area contributed by atoms with Gasteiger partial charge in [0.15, 0.2) is 0 Å². The molecule has 20 heavy (non-hydrogen) atoms. The van der Waals surface area contributed by atoms with E-state index in [2.05, 4.69) is 0 Å². The van der Waals surface area contributed by atoms with Crippen molar-refractivity contribution in [3.63, 3.8) is 0 Å². The molecule has 0 bridgehead atoms. The number of hydrogen-bond acceptors (Lipinski definition) is 4. The highest BCUT2D eigenvalue weighted by Crippen LogP contribution is 2.31. The number of rotatable bonds is 4. The number of carboxylic acid groups (broad SMARTS) is 1. The molecule has 1 aromatic carbocycles. The second-order valence-electron chi connectivity index (χ2n) is 4.97. The van der Waals surface area contributed by atoms with E-state index in [0.717, 1.165) is 28.7 Å². The number of thiophene rings is 1. The maximum atomic E-state index is 11.5. The molecule has 1 aliphatic carbocycles. The molecule has 1 aromatic heterocycles. The van der Waals surface area contributed by atoms with Gasteiger partial charge in [-0.3, -0.25) is 4.79 Å². The van der Waals surface area contributed by atoms with E-state index in [4.69, 9.17) is 9.84 Å². The third-order valence-electron chi connectivity index (χ3n) is 3.51. The zero-order valence-electron chi connectivity index (χ0n) is 10.8. The van der Waals surface area contributed by atoms with Crippen LogP contribution in [0.25, 0.3) is 10.1 Å². The SMILES string of the molecule is O=C(O)C(=O)c1cc2ccc(OC3CCCC3)cc2s1. The third-order valence-corrected chi connectivity index (χ3v) is 4.61. The van der Waals surface area contributed by atoms with E-state index in [1.165, 1.54) is 24.2 Å². The minimum absolute atomic E-state index is 0.255. The molecule has 104 valence electrons. The van der Waals surface area contributed by atoms with E-state index >= 15 is 0 Å². The van der Waals surface area contributed by atoms with E-state index < -0.39 is 11.8 Å². The molecule has 1 N–H and O–H groups in total. The molecule has 4 nitrogen and oxygen atoms in total. The van der Waals surface area contributed by atoms with Crippen molar-refractivity contribution in [2.24, 2.45) is 0 Å². The summed E-state index contributed by atoms with van der Waals surface area (Å²) >= 11 is 1.20. The molecule has 0 atom stereocenters. The summed E-state index contributed by atoms with van der Waals surface area (Å²) in [5, 5.41) is 9.61. The maximum absolute atomic E-state index is 11.5. The molecule has 0 amide bonds. The number of Topliss-reactive ketones (excluding diaryl/α,β-unsaturated/α-hetero) is 1. The minimum Gasteiger partial charge on any atom is -0.490 e. The van der Waals surface area contributed by atoms with Crippen LogP contribution in [0.15, 0.2) is 24.3 Å². The predicted molar refractivity (Wildman–Crippen MR) is 76.7 cm³/mol. The molecule has 3 rings (SSSR count). The van der Waals surface area contributed by atoms with Crippen LogP contribution in [0.5, 0.6) is 5.75 Å². The predicted octanol–water partition coefficient (Wildman–Crippen LogP) is 3.49. The van der Waals surface area contributed by atoms with Gasteiger partial charge >= 0.3 is 5.97 Å². The van der Waals surface area contributed by atoms with Gasteiger partial charge < -0.3 is 9.84 Å². The lowest BCUT2D eigenvalue weighted by Gasteiger charge is -2.12. The highest BCUT2D eigenvalue weighted by atomic mass is 32.1. The number of ether oxygens (including phenoxy) is 1. The molecule has 0 aliphatic heterocycles. The molecule has 0 radical (unpaired) electrons. The van der Waals surface area contributed by atoms with Crippen molar-refractivity contribution in [3.8, 4) is 5.75 Å². The highest BCUT2D eigenvalue weighted by Gasteiger charge is 2.19. The van der Waals surface area contributed by atoms with Crippen LogP contribution in [0.4, 0.5) is 0 Å². The Hall–Kier alpha value is -1.88. The van der Waals surface area contributed by atoms with Crippen molar-refractivity contribution >= 4 is 33.2 Å². The summed E-state index contributed by atoms with van der Waals surface area (Å²) in [7, 11) is 0. The normalized spacial score (nSPS) is 15.6. The first kappa shape index (κ1) is 13.1. The molecule has 0 saturated heterocycles. The van der Waals surface area contributed by atoms with Crippen molar-refractivity contribution in [3.05, 3.63) is 29.1 Å². The van der Waals surface area contributed by atoms with E-state index in [-0.39, 0.29) is 11.0 Å². The zero-order valence-corrected chi connectivity index (χ0v) is 11.6. The monoisotopic (exact) mass is 290 g/mol. The van der Waals surface area contributed by atoms with Crippen LogP contribution in [0.1, 0.15) is 35.4 Å². The smallest absolute Gasteiger partial charge is 0.378 e. The maximum Gasteiger partial charge on any atom is 0.378 e. The van der Waals surface area contributed by atoms with Gasteiger partial charge in [-0.2, -0.15) is 0 Å². The molecule has 5 heteroatoms. The Labute approximate surface area is 120 Å². The number of ketones is 1. The van der Waals surface area contributed by atoms with Crippen LogP contribution in [-0.2, 0) is 4.79 Å². The molecular formula is C15H14O4S. The summed E-state index contributed by atoms with van der Waals surface area (Å²) in [4.78, 5) is 22.4. The summed E-state index contributed by atoms with van der Waals surface area (Å²) in [6.07, 6.45) is 4.88. The topological polar surface area (TPSA) is 63.6 Å². The highest BCUT2D eigenvalue weighted by molar-refractivity contribution is 7.21. The number of hydrogen-bond donors (Lipinski definition) is 1. The Bertz CT molecular complexity index is 668. The van der Waals surface area contributed by atoms with Crippen LogP contribution in [-0.4, -0.2) is 23.0 Å². The number of carboxylic acids is 1. The summed E-state index contributed by atoms with van der Waals surface area (Å²) in [6.45, 7) is 0. The van der Waals surface area contributed by atoms with Crippen molar-refractivity contribution in [1.82, 2.24) is 0 Å². The minimum atomic E-state index is -1.42. The van der Waals surface area contributed by atoms with Gasteiger partial charge in [-0.15, -0.1) is 11.3 Å². The van der Waals surface area contributed by atoms with Crippen molar-refractivity contribution in [2.45, 2.75) is 31.8 Å². The van der Waals surface area contributed by atoms with E-state index in [9.17, 15) is 9.59 Å². The lowest BCUT2D eigenvalue weighted by atomic mass is 10.2. The molecule has 1 heterocycles. The quantitative estimate of drug-likeness (QED) is 0.691. The number of aliphatic carboxylic acids is 1. The van der Waals surface area contributed by atoms with Crippen LogP contribution in [0, 0.1) is 0 Å². The molecule has 2 aromatic rings. The standard InChI is InChI=1S/C15H14O4S/c16-14(15(17)18)13-7-9-5-6-11(8-12(9)20-13)19-10-3-1-2-4-10/h5-8,10H,1-4H2,(H,17,18). The van der Waals surface area contributed by atoms with Crippen LogP contribution < -0.4 is 4.74 Å². The lowest BCUT2D eigenvalue weighted by Crippen LogP contribution is -2.10. The zero-order chi connectivity index (χ0) is 14.1. The van der Waals surface area contributed by atoms with Crippen LogP contribution in [0.3, 0.4) is 0 Å². The largest absolute Gasteiger partial charge is 0.490 e. The Kier molecular flexibility index (Phi) is 3.44. The van der Waals surface area contributed by atoms with Gasteiger partial charge in [-0.25, -0.2) is 4.79 Å². The van der Waals surface area contributed by atoms with Crippen LogP contribution in [0.2, 0.25) is 0 Å². The second-order valence-corrected chi connectivity index (χ2v) is 6.05. The molecule has 1 saturated carbocycles. The van der Waals surface area contributed by atoms with Gasteiger partial charge in [0.05, 0.1) is 11.0 Å².